The first-order valence-corrected chi connectivity index (χ1v) is 8.99. The SMILES string of the molecule is Cc1c(C(=O)N2CCCC2)cc(-c2ccccc2)n1-c1ccccc1F. The van der Waals surface area contributed by atoms with Gasteiger partial charge in [0.15, 0.2) is 0 Å². The van der Waals surface area contributed by atoms with E-state index in [0.29, 0.717) is 11.3 Å². The van der Waals surface area contributed by atoms with Gasteiger partial charge in [0, 0.05) is 18.8 Å². The van der Waals surface area contributed by atoms with Crippen molar-refractivity contribution in [2.75, 3.05) is 13.1 Å². The molecule has 1 saturated heterocycles. The molecular formula is C22H21FN2O. The molecule has 0 spiro atoms. The van der Waals surface area contributed by atoms with Crippen LogP contribution in [0.15, 0.2) is 60.7 Å². The fourth-order valence-electron chi connectivity index (χ4n) is 3.68. The number of nitrogens with zero attached hydrogens (tertiary/aromatic N) is 2. The Morgan fingerprint density at radius 1 is 0.962 bits per heavy atom. The number of hydrogen-bond donors (Lipinski definition) is 0. The molecule has 1 aliphatic heterocycles. The van der Waals surface area contributed by atoms with Crippen LogP contribution in [-0.2, 0) is 0 Å². The van der Waals surface area contributed by atoms with E-state index in [2.05, 4.69) is 0 Å². The largest absolute Gasteiger partial charge is 0.339 e. The highest BCUT2D eigenvalue weighted by Gasteiger charge is 2.26. The van der Waals surface area contributed by atoms with Gasteiger partial charge in [0.1, 0.15) is 5.82 Å². The van der Waals surface area contributed by atoms with Gasteiger partial charge in [-0.25, -0.2) is 4.39 Å². The predicted octanol–water partition coefficient (Wildman–Crippen LogP) is 4.83. The number of hydrogen-bond acceptors (Lipinski definition) is 1. The van der Waals surface area contributed by atoms with E-state index in [1.165, 1.54) is 6.07 Å². The fourth-order valence-corrected chi connectivity index (χ4v) is 3.68. The number of aromatic nitrogens is 1. The molecule has 1 amide bonds. The minimum Gasteiger partial charge on any atom is -0.339 e. The zero-order valence-corrected chi connectivity index (χ0v) is 14.8. The van der Waals surface area contributed by atoms with Gasteiger partial charge >= 0.3 is 0 Å². The molecule has 2 heterocycles. The highest BCUT2D eigenvalue weighted by molar-refractivity contribution is 5.97. The number of amides is 1. The van der Waals surface area contributed by atoms with Crippen molar-refractivity contribution in [3.8, 4) is 16.9 Å². The summed E-state index contributed by atoms with van der Waals surface area (Å²) in [7, 11) is 0. The van der Waals surface area contributed by atoms with Gasteiger partial charge in [0.05, 0.1) is 16.9 Å². The third kappa shape index (κ3) is 2.81. The van der Waals surface area contributed by atoms with Gasteiger partial charge in [-0.3, -0.25) is 4.79 Å². The zero-order valence-electron chi connectivity index (χ0n) is 14.8. The van der Waals surface area contributed by atoms with Gasteiger partial charge in [0.2, 0.25) is 0 Å². The normalized spacial score (nSPS) is 14.0. The lowest BCUT2D eigenvalue weighted by atomic mass is 10.1. The Bertz CT molecular complexity index is 940. The molecule has 2 aromatic carbocycles. The van der Waals surface area contributed by atoms with E-state index in [0.717, 1.165) is 42.9 Å². The molecule has 1 fully saturated rings. The van der Waals surface area contributed by atoms with E-state index in [4.69, 9.17) is 0 Å². The van der Waals surface area contributed by atoms with Crippen LogP contribution in [0.5, 0.6) is 0 Å². The lowest BCUT2D eigenvalue weighted by Crippen LogP contribution is -2.27. The average Bonchev–Trinajstić information content (AvgIpc) is 3.31. The number of benzene rings is 2. The molecule has 0 bridgehead atoms. The summed E-state index contributed by atoms with van der Waals surface area (Å²) in [5.41, 5.74) is 3.67. The Labute approximate surface area is 152 Å². The molecule has 132 valence electrons. The van der Waals surface area contributed by atoms with Crippen LogP contribution in [0, 0.1) is 12.7 Å². The van der Waals surface area contributed by atoms with Crippen LogP contribution in [0.4, 0.5) is 4.39 Å². The summed E-state index contributed by atoms with van der Waals surface area (Å²) in [4.78, 5) is 14.9. The predicted molar refractivity (Wildman–Crippen MR) is 101 cm³/mol. The first kappa shape index (κ1) is 16.6. The summed E-state index contributed by atoms with van der Waals surface area (Å²) < 4.78 is 16.4. The number of rotatable bonds is 3. The molecule has 0 unspecified atom stereocenters. The molecule has 3 nitrogen and oxygen atoms in total. The van der Waals surface area contributed by atoms with Crippen molar-refractivity contribution in [1.29, 1.82) is 0 Å². The Hall–Kier alpha value is -2.88. The second-order valence-corrected chi connectivity index (χ2v) is 6.68. The van der Waals surface area contributed by atoms with Crippen LogP contribution < -0.4 is 0 Å². The molecule has 0 atom stereocenters. The Morgan fingerprint density at radius 3 is 2.31 bits per heavy atom. The Morgan fingerprint density at radius 2 is 1.62 bits per heavy atom. The number of halogens is 1. The summed E-state index contributed by atoms with van der Waals surface area (Å²) in [6, 6.07) is 18.4. The molecule has 1 aromatic heterocycles. The molecule has 0 radical (unpaired) electrons. The summed E-state index contributed by atoms with van der Waals surface area (Å²) in [5.74, 6) is -0.268. The van der Waals surface area contributed by atoms with Crippen molar-refractivity contribution in [2.45, 2.75) is 19.8 Å². The quantitative estimate of drug-likeness (QED) is 0.666. The molecule has 26 heavy (non-hydrogen) atoms. The van der Waals surface area contributed by atoms with Gasteiger partial charge < -0.3 is 9.47 Å². The highest BCUT2D eigenvalue weighted by atomic mass is 19.1. The molecular weight excluding hydrogens is 327 g/mol. The lowest BCUT2D eigenvalue weighted by Gasteiger charge is -2.16. The maximum Gasteiger partial charge on any atom is 0.255 e. The number of carbonyl (C=O) groups excluding carboxylic acids is 1. The Balaban J connectivity index is 1.91. The van der Waals surface area contributed by atoms with Crippen molar-refractivity contribution >= 4 is 5.91 Å². The first-order valence-electron chi connectivity index (χ1n) is 8.99. The smallest absolute Gasteiger partial charge is 0.255 e. The first-order chi connectivity index (χ1) is 12.7. The van der Waals surface area contributed by atoms with Gasteiger partial charge in [0.25, 0.3) is 5.91 Å². The van der Waals surface area contributed by atoms with E-state index in [1.807, 2.05) is 58.9 Å². The van der Waals surface area contributed by atoms with Crippen molar-refractivity contribution in [3.05, 3.63) is 77.7 Å². The van der Waals surface area contributed by atoms with Gasteiger partial charge in [-0.2, -0.15) is 0 Å². The van der Waals surface area contributed by atoms with Crippen molar-refractivity contribution in [1.82, 2.24) is 9.47 Å². The summed E-state index contributed by atoms with van der Waals surface area (Å²) in [5, 5.41) is 0. The van der Waals surface area contributed by atoms with Gasteiger partial charge in [-0.05, 0) is 43.5 Å². The van der Waals surface area contributed by atoms with Crippen LogP contribution in [0.3, 0.4) is 0 Å². The van der Waals surface area contributed by atoms with Crippen LogP contribution in [0.2, 0.25) is 0 Å². The molecule has 4 rings (SSSR count). The maximum atomic E-state index is 14.5. The van der Waals surface area contributed by atoms with E-state index in [1.54, 1.807) is 12.1 Å². The summed E-state index contributed by atoms with van der Waals surface area (Å²) in [6.45, 7) is 3.48. The summed E-state index contributed by atoms with van der Waals surface area (Å²) >= 11 is 0. The topological polar surface area (TPSA) is 25.2 Å². The third-order valence-electron chi connectivity index (χ3n) is 5.03. The summed E-state index contributed by atoms with van der Waals surface area (Å²) in [6.07, 6.45) is 2.09. The monoisotopic (exact) mass is 348 g/mol. The highest BCUT2D eigenvalue weighted by Crippen LogP contribution is 2.31. The molecule has 0 N–H and O–H groups in total. The van der Waals surface area contributed by atoms with Crippen LogP contribution in [0.25, 0.3) is 16.9 Å². The maximum absolute atomic E-state index is 14.5. The van der Waals surface area contributed by atoms with E-state index >= 15 is 0 Å². The average molecular weight is 348 g/mol. The van der Waals surface area contributed by atoms with Crippen molar-refractivity contribution in [2.24, 2.45) is 0 Å². The van der Waals surface area contributed by atoms with Crippen molar-refractivity contribution < 1.29 is 9.18 Å². The zero-order chi connectivity index (χ0) is 18.1. The molecule has 0 aliphatic carbocycles. The van der Waals surface area contributed by atoms with Gasteiger partial charge in [-0.15, -0.1) is 0 Å². The van der Waals surface area contributed by atoms with E-state index in [9.17, 15) is 9.18 Å². The lowest BCUT2D eigenvalue weighted by molar-refractivity contribution is 0.0792. The minimum absolute atomic E-state index is 0.0345. The van der Waals surface area contributed by atoms with E-state index in [-0.39, 0.29) is 11.7 Å². The van der Waals surface area contributed by atoms with Crippen LogP contribution in [0.1, 0.15) is 28.9 Å². The third-order valence-corrected chi connectivity index (χ3v) is 5.03. The molecule has 3 aromatic rings. The standard InChI is InChI=1S/C22H21FN2O/c1-16-18(22(26)24-13-7-8-14-24)15-21(17-9-3-2-4-10-17)25(16)20-12-6-5-11-19(20)23/h2-6,9-12,15H,7-8,13-14H2,1H3. The van der Waals surface area contributed by atoms with Gasteiger partial charge in [-0.1, -0.05) is 42.5 Å². The number of carbonyl (C=O) groups is 1. The van der Waals surface area contributed by atoms with Crippen molar-refractivity contribution in [3.63, 3.8) is 0 Å². The number of likely N-dealkylation sites (tertiary alicyclic amines) is 1. The minimum atomic E-state index is -0.302. The molecule has 1 aliphatic rings. The Kier molecular flexibility index (Phi) is 4.33. The molecule has 0 saturated carbocycles. The van der Waals surface area contributed by atoms with E-state index < -0.39 is 0 Å². The molecule has 4 heteroatoms. The fraction of sp³-hybridized carbons (Fsp3) is 0.227. The second kappa shape index (κ2) is 6.79. The second-order valence-electron chi connectivity index (χ2n) is 6.68. The van der Waals surface area contributed by atoms with Crippen LogP contribution >= 0.6 is 0 Å². The number of para-hydroxylation sites is 1. The van der Waals surface area contributed by atoms with Crippen LogP contribution in [-0.4, -0.2) is 28.5 Å².